The number of benzene rings is 1. The highest BCUT2D eigenvalue weighted by Crippen LogP contribution is 2.23. The summed E-state index contributed by atoms with van der Waals surface area (Å²) in [6, 6.07) is 10.4. The van der Waals surface area contributed by atoms with Gasteiger partial charge in [-0.3, -0.25) is 9.78 Å². The van der Waals surface area contributed by atoms with Gasteiger partial charge in [0.05, 0.1) is 11.6 Å². The third-order valence-electron chi connectivity index (χ3n) is 3.51. The van der Waals surface area contributed by atoms with Gasteiger partial charge in [-0.2, -0.15) is 0 Å². The lowest BCUT2D eigenvalue weighted by Gasteiger charge is -2.26. The first-order valence-electron chi connectivity index (χ1n) is 6.48. The van der Waals surface area contributed by atoms with Crippen molar-refractivity contribution in [1.82, 2.24) is 9.88 Å². The second-order valence-corrected chi connectivity index (χ2v) is 4.82. The summed E-state index contributed by atoms with van der Waals surface area (Å²) in [5, 5.41) is 9.31. The molecule has 4 heteroatoms. The zero-order valence-corrected chi connectivity index (χ0v) is 11.9. The molecule has 20 heavy (non-hydrogen) atoms. The van der Waals surface area contributed by atoms with Gasteiger partial charge in [0.25, 0.3) is 5.91 Å². The number of aromatic hydroxyl groups is 1. The number of carbonyl (C=O) groups is 1. The Balaban J connectivity index is 2.22. The number of hydrogen-bond donors (Lipinski definition) is 1. The topological polar surface area (TPSA) is 53.4 Å². The highest BCUT2D eigenvalue weighted by Gasteiger charge is 2.20. The Bertz CT molecular complexity index is 608. The normalized spacial score (nSPS) is 11.9. The molecule has 1 aromatic carbocycles. The van der Waals surface area contributed by atoms with Crippen molar-refractivity contribution >= 4 is 5.91 Å². The van der Waals surface area contributed by atoms with Crippen LogP contribution < -0.4 is 0 Å². The zero-order chi connectivity index (χ0) is 14.7. The number of aromatic nitrogens is 1. The summed E-state index contributed by atoms with van der Waals surface area (Å²) in [5.74, 6) is 0.161. The van der Waals surface area contributed by atoms with Gasteiger partial charge in [-0.25, -0.2) is 0 Å². The summed E-state index contributed by atoms with van der Waals surface area (Å²) in [6.45, 7) is 3.78. The molecule has 0 aliphatic heterocycles. The molecule has 0 radical (unpaired) electrons. The molecule has 1 atom stereocenters. The SMILES string of the molecule is Cc1ncccc1C(=O)N(C)C(C)c1ccc(O)cc1. The van der Waals surface area contributed by atoms with Crippen LogP contribution in [-0.2, 0) is 0 Å². The molecule has 1 heterocycles. The van der Waals surface area contributed by atoms with Crippen LogP contribution in [0, 0.1) is 6.92 Å². The average Bonchev–Trinajstić information content (AvgIpc) is 2.46. The Morgan fingerprint density at radius 3 is 2.50 bits per heavy atom. The van der Waals surface area contributed by atoms with Crippen molar-refractivity contribution in [2.24, 2.45) is 0 Å². The highest BCUT2D eigenvalue weighted by atomic mass is 16.3. The van der Waals surface area contributed by atoms with Crippen LogP contribution in [0.3, 0.4) is 0 Å². The van der Waals surface area contributed by atoms with Crippen LogP contribution in [0.1, 0.15) is 34.6 Å². The Labute approximate surface area is 118 Å². The van der Waals surface area contributed by atoms with Gasteiger partial charge in [0, 0.05) is 18.9 Å². The monoisotopic (exact) mass is 270 g/mol. The van der Waals surface area contributed by atoms with Crippen molar-refractivity contribution in [3.8, 4) is 5.75 Å². The van der Waals surface area contributed by atoms with E-state index in [0.29, 0.717) is 5.56 Å². The van der Waals surface area contributed by atoms with E-state index in [1.807, 2.05) is 26.0 Å². The smallest absolute Gasteiger partial charge is 0.255 e. The maximum atomic E-state index is 12.5. The van der Waals surface area contributed by atoms with E-state index < -0.39 is 0 Å². The number of hydrogen-bond acceptors (Lipinski definition) is 3. The number of pyridine rings is 1. The average molecular weight is 270 g/mol. The largest absolute Gasteiger partial charge is 0.508 e. The minimum absolute atomic E-state index is 0.0591. The van der Waals surface area contributed by atoms with E-state index in [9.17, 15) is 9.90 Å². The molecule has 4 nitrogen and oxygen atoms in total. The Morgan fingerprint density at radius 1 is 1.25 bits per heavy atom. The van der Waals surface area contributed by atoms with E-state index in [0.717, 1.165) is 11.3 Å². The van der Waals surface area contributed by atoms with Gasteiger partial charge < -0.3 is 10.0 Å². The fourth-order valence-corrected chi connectivity index (χ4v) is 2.05. The fraction of sp³-hybridized carbons (Fsp3) is 0.250. The molecule has 0 saturated carbocycles. The molecule has 2 aromatic rings. The molecule has 1 aromatic heterocycles. The van der Waals surface area contributed by atoms with Crippen LogP contribution in [0.4, 0.5) is 0 Å². The van der Waals surface area contributed by atoms with E-state index in [2.05, 4.69) is 4.98 Å². The molecule has 0 saturated heterocycles. The predicted molar refractivity (Wildman–Crippen MR) is 77.6 cm³/mol. The zero-order valence-electron chi connectivity index (χ0n) is 11.9. The first kappa shape index (κ1) is 14.1. The lowest BCUT2D eigenvalue weighted by atomic mass is 10.1. The van der Waals surface area contributed by atoms with Gasteiger partial charge in [0.1, 0.15) is 5.75 Å². The number of carbonyl (C=O) groups excluding carboxylic acids is 1. The number of amides is 1. The summed E-state index contributed by atoms with van der Waals surface area (Å²) in [4.78, 5) is 18.3. The minimum Gasteiger partial charge on any atom is -0.508 e. The van der Waals surface area contributed by atoms with E-state index in [1.54, 1.807) is 42.4 Å². The van der Waals surface area contributed by atoms with Crippen molar-refractivity contribution in [1.29, 1.82) is 0 Å². The second-order valence-electron chi connectivity index (χ2n) is 4.82. The van der Waals surface area contributed by atoms with Gasteiger partial charge in [0.15, 0.2) is 0 Å². The molecular weight excluding hydrogens is 252 g/mol. The number of rotatable bonds is 3. The Morgan fingerprint density at radius 2 is 1.90 bits per heavy atom. The van der Waals surface area contributed by atoms with Gasteiger partial charge >= 0.3 is 0 Å². The van der Waals surface area contributed by atoms with E-state index in [-0.39, 0.29) is 17.7 Å². The lowest BCUT2D eigenvalue weighted by Crippen LogP contribution is -2.30. The van der Waals surface area contributed by atoms with Crippen LogP contribution in [0.15, 0.2) is 42.6 Å². The quantitative estimate of drug-likeness (QED) is 0.933. The van der Waals surface area contributed by atoms with Crippen molar-refractivity contribution in [3.05, 3.63) is 59.4 Å². The maximum absolute atomic E-state index is 12.5. The molecule has 1 N–H and O–H groups in total. The summed E-state index contributed by atoms with van der Waals surface area (Å²) in [6.07, 6.45) is 1.68. The Hall–Kier alpha value is -2.36. The molecule has 0 aliphatic carbocycles. The van der Waals surface area contributed by atoms with Gasteiger partial charge in [-0.05, 0) is 43.7 Å². The molecule has 1 unspecified atom stereocenters. The second kappa shape index (κ2) is 5.74. The highest BCUT2D eigenvalue weighted by molar-refractivity contribution is 5.95. The first-order valence-corrected chi connectivity index (χ1v) is 6.48. The third-order valence-corrected chi connectivity index (χ3v) is 3.51. The Kier molecular flexibility index (Phi) is 4.03. The summed E-state index contributed by atoms with van der Waals surface area (Å²) in [5.41, 5.74) is 2.31. The van der Waals surface area contributed by atoms with Crippen LogP contribution in [-0.4, -0.2) is 27.9 Å². The molecule has 2 rings (SSSR count). The summed E-state index contributed by atoms with van der Waals surface area (Å²) < 4.78 is 0. The molecule has 0 fully saturated rings. The standard InChI is InChI=1S/C16H18N2O2/c1-11-15(5-4-10-17-11)16(20)18(3)12(2)13-6-8-14(19)9-7-13/h4-10,12,19H,1-3H3. The predicted octanol–water partition coefficient (Wildman–Crippen LogP) is 2.93. The van der Waals surface area contributed by atoms with Crippen LogP contribution in [0.25, 0.3) is 0 Å². The third kappa shape index (κ3) is 2.79. The molecule has 0 spiro atoms. The molecular formula is C16H18N2O2. The van der Waals surface area contributed by atoms with Crippen LogP contribution >= 0.6 is 0 Å². The number of nitrogens with zero attached hydrogens (tertiary/aromatic N) is 2. The number of aryl methyl sites for hydroxylation is 1. The lowest BCUT2D eigenvalue weighted by molar-refractivity contribution is 0.0741. The molecule has 1 amide bonds. The summed E-state index contributed by atoms with van der Waals surface area (Å²) in [7, 11) is 1.77. The van der Waals surface area contributed by atoms with E-state index in [1.165, 1.54) is 0 Å². The van der Waals surface area contributed by atoms with Gasteiger partial charge in [0.2, 0.25) is 0 Å². The van der Waals surface area contributed by atoms with Crippen LogP contribution in [0.2, 0.25) is 0 Å². The van der Waals surface area contributed by atoms with Gasteiger partial charge in [-0.15, -0.1) is 0 Å². The van der Waals surface area contributed by atoms with E-state index in [4.69, 9.17) is 0 Å². The maximum Gasteiger partial charge on any atom is 0.255 e. The first-order chi connectivity index (χ1) is 9.50. The molecule has 0 aliphatic rings. The minimum atomic E-state index is -0.0808. The summed E-state index contributed by atoms with van der Waals surface area (Å²) >= 11 is 0. The van der Waals surface area contributed by atoms with Crippen molar-refractivity contribution in [3.63, 3.8) is 0 Å². The van der Waals surface area contributed by atoms with E-state index >= 15 is 0 Å². The fourth-order valence-electron chi connectivity index (χ4n) is 2.05. The molecule has 104 valence electrons. The van der Waals surface area contributed by atoms with Gasteiger partial charge in [-0.1, -0.05) is 12.1 Å². The number of phenolic OH excluding ortho intramolecular Hbond substituents is 1. The van der Waals surface area contributed by atoms with Crippen molar-refractivity contribution in [2.75, 3.05) is 7.05 Å². The van der Waals surface area contributed by atoms with Crippen LogP contribution in [0.5, 0.6) is 5.75 Å². The van der Waals surface area contributed by atoms with Crippen molar-refractivity contribution < 1.29 is 9.90 Å². The number of phenols is 1. The molecule has 0 bridgehead atoms. The van der Waals surface area contributed by atoms with Crippen molar-refractivity contribution in [2.45, 2.75) is 19.9 Å².